The summed E-state index contributed by atoms with van der Waals surface area (Å²) in [7, 11) is -4.10. The van der Waals surface area contributed by atoms with Gasteiger partial charge in [0, 0.05) is 19.4 Å². The van der Waals surface area contributed by atoms with E-state index in [9.17, 15) is 33.3 Å². The van der Waals surface area contributed by atoms with Crippen molar-refractivity contribution in [3.05, 3.63) is 0 Å². The minimum Gasteiger partial charge on any atom is -0.462 e. The molecule has 0 aliphatic heterocycles. The molecule has 0 saturated heterocycles. The zero-order valence-corrected chi connectivity index (χ0v) is 39.3. The van der Waals surface area contributed by atoms with Crippen LogP contribution >= 0.6 is 0 Å². The third-order valence-corrected chi connectivity index (χ3v) is 22.1. The van der Waals surface area contributed by atoms with Crippen molar-refractivity contribution < 1.29 is 42.6 Å². The minimum absolute atomic E-state index is 0.0608. The van der Waals surface area contributed by atoms with Crippen LogP contribution in [-0.4, -0.2) is 76.9 Å². The van der Waals surface area contributed by atoms with Gasteiger partial charge in [-0.2, -0.15) is 8.42 Å². The fourth-order valence-corrected chi connectivity index (χ4v) is 18.6. The van der Waals surface area contributed by atoms with E-state index in [0.717, 1.165) is 89.9 Å². The molecule has 0 heterocycles. The number of carbonyl (C=O) groups excluding carboxylic acids is 2. The molecular formula is C50H83NO9S. The average molecular weight is 874 g/mol. The van der Waals surface area contributed by atoms with E-state index in [2.05, 4.69) is 46.9 Å². The standard InChI is InChI=1S/C50H83NO9S/c1-29(7-13-43(55)51-23-24-61(57,58)59)35-9-11-38-46-40(18-22-49(35,38)5)48(4)20-16-34(26-32(48)28-42(46)54)60-44(56)14-8-30(2)36-10-12-37-45-39(17-21-50(36,37)6)47(3)19-15-33(52)25-31(47)27-41(45)53/h29-42,45-46,52-54H,7-28H2,1-6H3,(H,51,55)(H,57,58,59)/t29-,30-,31?,32?,33+,34+,35-,36-,37-,38-,39-,40-,41+,42+,45?,46?,47+,48+,49-,50-/m1/s1. The molecule has 8 fully saturated rings. The van der Waals surface area contributed by atoms with Crippen molar-refractivity contribution in [2.45, 2.75) is 194 Å². The van der Waals surface area contributed by atoms with Crippen LogP contribution in [0.25, 0.3) is 0 Å². The smallest absolute Gasteiger partial charge is 0.306 e. The van der Waals surface area contributed by atoms with Gasteiger partial charge in [0.1, 0.15) is 6.10 Å². The second-order valence-electron chi connectivity index (χ2n) is 24.0. The summed E-state index contributed by atoms with van der Waals surface area (Å²) >= 11 is 0. The van der Waals surface area contributed by atoms with E-state index < -0.39 is 15.9 Å². The predicted octanol–water partition coefficient (Wildman–Crippen LogP) is 8.36. The largest absolute Gasteiger partial charge is 0.462 e. The number of amides is 1. The maximum Gasteiger partial charge on any atom is 0.306 e. The third-order valence-electron chi connectivity index (χ3n) is 21.4. The zero-order valence-electron chi connectivity index (χ0n) is 38.5. The van der Waals surface area contributed by atoms with E-state index in [-0.39, 0.29) is 70.4 Å². The van der Waals surface area contributed by atoms with E-state index in [0.29, 0.717) is 77.9 Å². The highest BCUT2D eigenvalue weighted by Gasteiger charge is 2.65. The molecule has 8 saturated carbocycles. The average Bonchev–Trinajstić information content (AvgIpc) is 3.73. The van der Waals surface area contributed by atoms with E-state index >= 15 is 0 Å². The van der Waals surface area contributed by atoms with Crippen LogP contribution in [0, 0.1) is 92.7 Å². The van der Waals surface area contributed by atoms with Gasteiger partial charge < -0.3 is 25.4 Å². The molecule has 8 aliphatic rings. The minimum atomic E-state index is -4.10. The van der Waals surface area contributed by atoms with Crippen LogP contribution < -0.4 is 5.32 Å². The lowest BCUT2D eigenvalue weighted by molar-refractivity contribution is -0.183. The van der Waals surface area contributed by atoms with Crippen molar-refractivity contribution in [3.8, 4) is 0 Å². The first-order valence-electron chi connectivity index (χ1n) is 25.1. The molecule has 8 rings (SSSR count). The van der Waals surface area contributed by atoms with E-state index in [4.69, 9.17) is 9.29 Å². The van der Waals surface area contributed by atoms with Crippen LogP contribution in [0.4, 0.5) is 0 Å². The van der Waals surface area contributed by atoms with Crippen molar-refractivity contribution in [1.82, 2.24) is 5.32 Å². The summed E-state index contributed by atoms with van der Waals surface area (Å²) in [6, 6.07) is 0. The molecule has 0 radical (unpaired) electrons. The van der Waals surface area contributed by atoms with Gasteiger partial charge in [0.05, 0.1) is 24.1 Å². The number of rotatable bonds is 12. The lowest BCUT2D eigenvalue weighted by Gasteiger charge is -2.62. The van der Waals surface area contributed by atoms with Gasteiger partial charge >= 0.3 is 5.97 Å². The highest BCUT2D eigenvalue weighted by Crippen LogP contribution is 2.70. The number of hydrogen-bond donors (Lipinski definition) is 5. The number of aliphatic hydroxyl groups is 3. The van der Waals surface area contributed by atoms with Gasteiger partial charge in [0.15, 0.2) is 0 Å². The molecule has 0 aromatic carbocycles. The maximum atomic E-state index is 13.6. The van der Waals surface area contributed by atoms with Crippen molar-refractivity contribution in [1.29, 1.82) is 0 Å². The molecule has 11 heteroatoms. The second-order valence-corrected chi connectivity index (χ2v) is 25.6. The van der Waals surface area contributed by atoms with E-state index in [1.54, 1.807) is 0 Å². The molecule has 348 valence electrons. The van der Waals surface area contributed by atoms with Crippen LogP contribution in [0.1, 0.15) is 170 Å². The summed E-state index contributed by atoms with van der Waals surface area (Å²) in [6.45, 7) is 14.5. The van der Waals surface area contributed by atoms with Gasteiger partial charge in [-0.15, -0.1) is 0 Å². The van der Waals surface area contributed by atoms with Crippen molar-refractivity contribution in [2.75, 3.05) is 12.3 Å². The van der Waals surface area contributed by atoms with Gasteiger partial charge in [-0.3, -0.25) is 14.1 Å². The Labute approximate surface area is 368 Å². The Hall–Kier alpha value is -1.27. The molecule has 1 amide bonds. The molecule has 0 bridgehead atoms. The molecule has 0 aromatic heterocycles. The Bertz CT molecular complexity index is 1720. The molecule has 8 aliphatic carbocycles. The lowest BCUT2D eigenvalue weighted by Crippen LogP contribution is -2.58. The molecule has 10 nitrogen and oxygen atoms in total. The third kappa shape index (κ3) is 8.43. The summed E-state index contributed by atoms with van der Waals surface area (Å²) in [5.41, 5.74) is 0.669. The summed E-state index contributed by atoms with van der Waals surface area (Å²) < 4.78 is 37.4. The Balaban J connectivity index is 0.817. The zero-order chi connectivity index (χ0) is 43.9. The Morgan fingerprint density at radius 1 is 0.639 bits per heavy atom. The fraction of sp³-hybridized carbons (Fsp3) is 0.960. The van der Waals surface area contributed by atoms with E-state index in [1.165, 1.54) is 25.7 Å². The number of aliphatic hydroxyl groups excluding tert-OH is 3. The summed E-state index contributed by atoms with van der Waals surface area (Å²) in [5.74, 6) is 4.46. The highest BCUT2D eigenvalue weighted by atomic mass is 32.2. The summed E-state index contributed by atoms with van der Waals surface area (Å²) in [6.07, 6.45) is 17.9. The number of esters is 1. The molecule has 0 aromatic rings. The molecule has 4 unspecified atom stereocenters. The molecule has 20 atom stereocenters. The van der Waals surface area contributed by atoms with Crippen LogP contribution in [0.2, 0.25) is 0 Å². The second kappa shape index (κ2) is 17.2. The first-order chi connectivity index (χ1) is 28.7. The van der Waals surface area contributed by atoms with Gasteiger partial charge in [-0.25, -0.2) is 0 Å². The molecule has 0 spiro atoms. The van der Waals surface area contributed by atoms with Crippen molar-refractivity contribution in [2.24, 2.45) is 92.7 Å². The normalized spacial score (nSPS) is 48.9. The Morgan fingerprint density at radius 3 is 1.66 bits per heavy atom. The maximum absolute atomic E-state index is 13.6. The first-order valence-corrected chi connectivity index (χ1v) is 26.7. The van der Waals surface area contributed by atoms with Crippen LogP contribution in [0.15, 0.2) is 0 Å². The quantitative estimate of drug-likeness (QED) is 0.0956. The van der Waals surface area contributed by atoms with Crippen LogP contribution in [-0.2, 0) is 24.4 Å². The highest BCUT2D eigenvalue weighted by molar-refractivity contribution is 7.85. The molecule has 61 heavy (non-hydrogen) atoms. The van der Waals surface area contributed by atoms with Gasteiger partial charge in [-0.05, 0) is 208 Å². The SMILES string of the molecule is C[C@H](CCC(=O)O[C@H]1CC[C@@]2(C)C(C1)C[C@H](O)C1[C@H]3CC[C@H]([C@H](C)CCC(=O)NCCS(=O)(=O)O)[C@@]3(C)CC[C@H]12)[C@H]1CC[C@@H]2C3[C@@H](CC[C@@]21C)[C@@]1(C)CC[C@H](O)CC1C[C@@H]3O. The lowest BCUT2D eigenvalue weighted by atomic mass is 9.43. The van der Waals surface area contributed by atoms with Crippen molar-refractivity contribution >= 4 is 22.0 Å². The van der Waals surface area contributed by atoms with Gasteiger partial charge in [0.25, 0.3) is 10.1 Å². The summed E-state index contributed by atoms with van der Waals surface area (Å²) in [5, 5.41) is 36.8. The van der Waals surface area contributed by atoms with Gasteiger partial charge in [0.2, 0.25) is 5.91 Å². The van der Waals surface area contributed by atoms with Crippen LogP contribution in [0.3, 0.4) is 0 Å². The number of nitrogens with one attached hydrogen (secondary N) is 1. The Morgan fingerprint density at radius 2 is 1.11 bits per heavy atom. The van der Waals surface area contributed by atoms with E-state index in [1.807, 2.05) is 0 Å². The number of carbonyl (C=O) groups is 2. The molecule has 5 N–H and O–H groups in total. The topological polar surface area (TPSA) is 170 Å². The van der Waals surface area contributed by atoms with Gasteiger partial charge in [-0.1, -0.05) is 41.5 Å². The molecular weight excluding hydrogens is 791 g/mol. The predicted molar refractivity (Wildman–Crippen MR) is 235 cm³/mol. The fourth-order valence-electron chi connectivity index (χ4n) is 18.2. The number of ether oxygens (including phenoxy) is 1. The Kier molecular flexibility index (Phi) is 13.0. The first kappa shape index (κ1) is 46.3. The number of fused-ring (bicyclic) bond motifs is 10. The number of hydrogen-bond acceptors (Lipinski definition) is 8. The van der Waals surface area contributed by atoms with Crippen LogP contribution in [0.5, 0.6) is 0 Å². The van der Waals surface area contributed by atoms with Crippen molar-refractivity contribution in [3.63, 3.8) is 0 Å². The summed E-state index contributed by atoms with van der Waals surface area (Å²) in [4.78, 5) is 26.1. The monoisotopic (exact) mass is 874 g/mol.